The summed E-state index contributed by atoms with van der Waals surface area (Å²) in [6.45, 7) is 1.50. The molecule has 0 aromatic heterocycles. The Hall–Kier alpha value is -2.38. The Morgan fingerprint density at radius 1 is 1.11 bits per heavy atom. The number of sulfonamides is 1. The van der Waals surface area contributed by atoms with Gasteiger partial charge in [-0.25, -0.2) is 13.1 Å². The van der Waals surface area contributed by atoms with Gasteiger partial charge < -0.3 is 9.64 Å². The number of para-hydroxylation sites is 1. The number of fused-ring (bicyclic) bond motifs is 1. The number of nitrogens with one attached hydrogen (secondary N) is 1. The first-order valence-electron chi connectivity index (χ1n) is 9.14. The number of nitrogens with zero attached hydrogens (tertiary/aromatic N) is 1. The average molecular weight is 386 g/mol. The maximum Gasteiger partial charge on any atom is 0.240 e. The van der Waals surface area contributed by atoms with Crippen LogP contribution >= 0.6 is 0 Å². The molecule has 0 radical (unpaired) electrons. The van der Waals surface area contributed by atoms with Gasteiger partial charge in [-0.15, -0.1) is 0 Å². The van der Waals surface area contributed by atoms with E-state index in [9.17, 15) is 13.2 Å². The number of ether oxygens (including phenoxy) is 1. The Morgan fingerprint density at radius 3 is 2.63 bits per heavy atom. The highest BCUT2D eigenvalue weighted by Gasteiger charge is 2.24. The molecule has 1 N–H and O–H groups in total. The Labute approximate surface area is 159 Å². The lowest BCUT2D eigenvalue weighted by molar-refractivity contribution is -0.117. The van der Waals surface area contributed by atoms with Crippen LogP contribution in [0.4, 0.5) is 5.69 Å². The molecule has 2 aliphatic heterocycles. The fraction of sp³-hybridized carbons (Fsp3) is 0.350. The van der Waals surface area contributed by atoms with Crippen molar-refractivity contribution in [3.8, 4) is 5.75 Å². The van der Waals surface area contributed by atoms with Crippen LogP contribution in [-0.2, 0) is 21.2 Å². The van der Waals surface area contributed by atoms with Crippen molar-refractivity contribution in [3.05, 3.63) is 54.1 Å². The van der Waals surface area contributed by atoms with E-state index < -0.39 is 10.0 Å². The fourth-order valence-corrected chi connectivity index (χ4v) is 4.68. The fourth-order valence-electron chi connectivity index (χ4n) is 3.56. The van der Waals surface area contributed by atoms with Gasteiger partial charge in [0.1, 0.15) is 5.75 Å². The Bertz CT molecular complexity index is 941. The topological polar surface area (TPSA) is 75.7 Å². The molecular weight excluding hydrogens is 364 g/mol. The second kappa shape index (κ2) is 7.32. The van der Waals surface area contributed by atoms with Gasteiger partial charge in [0, 0.05) is 31.1 Å². The van der Waals surface area contributed by atoms with Gasteiger partial charge in [0.25, 0.3) is 0 Å². The molecule has 6 nitrogen and oxygen atoms in total. The van der Waals surface area contributed by atoms with E-state index in [1.165, 1.54) is 0 Å². The summed E-state index contributed by atoms with van der Waals surface area (Å²) in [5.41, 5.74) is 1.85. The van der Waals surface area contributed by atoms with E-state index in [2.05, 4.69) is 4.72 Å². The summed E-state index contributed by atoms with van der Waals surface area (Å²) in [6, 6.07) is 14.3. The summed E-state index contributed by atoms with van der Waals surface area (Å²) in [7, 11) is -3.60. The van der Waals surface area contributed by atoms with Crippen LogP contribution in [0.15, 0.2) is 53.4 Å². The first-order valence-corrected chi connectivity index (χ1v) is 10.6. The highest BCUT2D eigenvalue weighted by atomic mass is 32.2. The minimum absolute atomic E-state index is 0.0845. The van der Waals surface area contributed by atoms with Gasteiger partial charge in [-0.1, -0.05) is 18.2 Å². The molecule has 2 aromatic rings. The minimum atomic E-state index is -3.60. The lowest BCUT2D eigenvalue weighted by Gasteiger charge is -2.25. The summed E-state index contributed by atoms with van der Waals surface area (Å²) in [4.78, 5) is 13.7. The van der Waals surface area contributed by atoms with Crippen molar-refractivity contribution < 1.29 is 17.9 Å². The zero-order valence-corrected chi connectivity index (χ0v) is 15.7. The molecule has 1 fully saturated rings. The number of benzene rings is 2. The molecule has 0 saturated carbocycles. The van der Waals surface area contributed by atoms with Gasteiger partial charge in [0.15, 0.2) is 0 Å². The molecule has 27 heavy (non-hydrogen) atoms. The highest BCUT2D eigenvalue weighted by Crippen LogP contribution is 2.27. The zero-order valence-electron chi connectivity index (χ0n) is 14.9. The van der Waals surface area contributed by atoms with Crippen LogP contribution in [0.25, 0.3) is 0 Å². The van der Waals surface area contributed by atoms with E-state index in [-0.39, 0.29) is 16.7 Å². The van der Waals surface area contributed by atoms with Gasteiger partial charge in [-0.2, -0.15) is 0 Å². The molecule has 2 heterocycles. The van der Waals surface area contributed by atoms with Crippen molar-refractivity contribution in [2.24, 2.45) is 5.92 Å². The third-order valence-corrected chi connectivity index (χ3v) is 6.49. The number of carbonyl (C=O) groups excluding carboxylic acids is 1. The predicted molar refractivity (Wildman–Crippen MR) is 102 cm³/mol. The smallest absolute Gasteiger partial charge is 0.240 e. The molecule has 2 aromatic carbocycles. The van der Waals surface area contributed by atoms with Crippen LogP contribution in [-0.4, -0.2) is 34.0 Å². The Balaban J connectivity index is 1.39. The van der Waals surface area contributed by atoms with Gasteiger partial charge in [0.05, 0.1) is 11.5 Å². The van der Waals surface area contributed by atoms with E-state index >= 15 is 0 Å². The molecule has 0 bridgehead atoms. The monoisotopic (exact) mass is 386 g/mol. The zero-order chi connectivity index (χ0) is 18.9. The van der Waals surface area contributed by atoms with E-state index in [4.69, 9.17) is 4.74 Å². The van der Waals surface area contributed by atoms with Crippen molar-refractivity contribution in [3.63, 3.8) is 0 Å². The number of rotatable bonds is 5. The summed E-state index contributed by atoms with van der Waals surface area (Å²) >= 11 is 0. The van der Waals surface area contributed by atoms with E-state index in [1.807, 2.05) is 24.3 Å². The molecule has 7 heteroatoms. The largest absolute Gasteiger partial charge is 0.493 e. The van der Waals surface area contributed by atoms with Crippen molar-refractivity contribution >= 4 is 21.6 Å². The van der Waals surface area contributed by atoms with Crippen LogP contribution < -0.4 is 14.4 Å². The number of carbonyl (C=O) groups is 1. The van der Waals surface area contributed by atoms with Crippen LogP contribution in [0.1, 0.15) is 18.4 Å². The first-order chi connectivity index (χ1) is 13.0. The van der Waals surface area contributed by atoms with Gasteiger partial charge >= 0.3 is 0 Å². The third-order valence-electron chi connectivity index (χ3n) is 5.05. The summed E-state index contributed by atoms with van der Waals surface area (Å²) in [5.74, 6) is 1.06. The summed E-state index contributed by atoms with van der Waals surface area (Å²) in [5, 5.41) is 0. The van der Waals surface area contributed by atoms with E-state index in [0.717, 1.165) is 29.8 Å². The molecule has 0 spiro atoms. The second-order valence-corrected chi connectivity index (χ2v) is 8.75. The standard InChI is InChI=1S/C20H22N2O4S/c23-20-6-3-11-22(20)17-7-9-18(10-8-17)27(24,25)21-13-15-12-16-4-1-2-5-19(16)26-14-15/h1-2,4-5,7-10,15,21H,3,6,11-14H2/t15-/m0/s1. The first kappa shape index (κ1) is 18.0. The normalized spacial score (nSPS) is 19.6. The number of amides is 1. The Morgan fingerprint density at radius 2 is 1.89 bits per heavy atom. The van der Waals surface area contributed by atoms with Crippen LogP contribution in [0.5, 0.6) is 5.75 Å². The lowest BCUT2D eigenvalue weighted by atomic mass is 9.97. The average Bonchev–Trinajstić information content (AvgIpc) is 3.12. The molecule has 1 atom stereocenters. The molecule has 4 rings (SSSR count). The molecule has 142 valence electrons. The van der Waals surface area contributed by atoms with Crippen LogP contribution in [0, 0.1) is 5.92 Å². The maximum absolute atomic E-state index is 12.6. The molecule has 0 aliphatic carbocycles. The third kappa shape index (κ3) is 3.84. The second-order valence-electron chi connectivity index (χ2n) is 6.98. The van der Waals surface area contributed by atoms with Gasteiger partial charge in [-0.05, 0) is 48.7 Å². The summed E-state index contributed by atoms with van der Waals surface area (Å²) < 4.78 is 33.6. The van der Waals surface area contributed by atoms with Gasteiger partial charge in [-0.3, -0.25) is 4.79 Å². The Kier molecular flexibility index (Phi) is 4.88. The molecule has 1 amide bonds. The number of hydrogen-bond acceptors (Lipinski definition) is 4. The highest BCUT2D eigenvalue weighted by molar-refractivity contribution is 7.89. The van der Waals surface area contributed by atoms with Gasteiger partial charge in [0.2, 0.25) is 15.9 Å². The van der Waals surface area contributed by atoms with Crippen molar-refractivity contribution in [2.45, 2.75) is 24.2 Å². The predicted octanol–water partition coefficient (Wildman–Crippen LogP) is 2.34. The number of hydrogen-bond donors (Lipinski definition) is 1. The summed E-state index contributed by atoms with van der Waals surface area (Å²) in [6.07, 6.45) is 2.18. The quantitative estimate of drug-likeness (QED) is 0.856. The van der Waals surface area contributed by atoms with Crippen LogP contribution in [0.2, 0.25) is 0 Å². The molecule has 1 saturated heterocycles. The van der Waals surface area contributed by atoms with Crippen LogP contribution in [0.3, 0.4) is 0 Å². The lowest BCUT2D eigenvalue weighted by Crippen LogP contribution is -2.34. The van der Waals surface area contributed by atoms with Crippen molar-refractivity contribution in [2.75, 3.05) is 24.6 Å². The molecule has 0 unspecified atom stereocenters. The SMILES string of the molecule is O=C1CCCN1c1ccc(S(=O)(=O)NC[C@H]2COc3ccccc3C2)cc1. The van der Waals surface area contributed by atoms with Crippen molar-refractivity contribution in [1.29, 1.82) is 0 Å². The molecule has 2 aliphatic rings. The van der Waals surface area contributed by atoms with Crippen molar-refractivity contribution in [1.82, 2.24) is 4.72 Å². The molecular formula is C20H22N2O4S. The maximum atomic E-state index is 12.6. The minimum Gasteiger partial charge on any atom is -0.493 e. The van der Waals surface area contributed by atoms with E-state index in [1.54, 1.807) is 29.2 Å². The number of anilines is 1. The van der Waals surface area contributed by atoms with E-state index in [0.29, 0.717) is 26.1 Å².